The Morgan fingerprint density at radius 2 is 2.21 bits per heavy atom. The first-order valence-corrected chi connectivity index (χ1v) is 4.13. The molecule has 0 aromatic carbocycles. The van der Waals surface area contributed by atoms with E-state index in [0.717, 1.165) is 6.08 Å². The normalized spacial score (nSPS) is 24.9. The van der Waals surface area contributed by atoms with Gasteiger partial charge in [-0.2, -0.15) is 0 Å². The average molecular weight is 200 g/mol. The zero-order valence-electron chi connectivity index (χ0n) is 7.74. The molecule has 0 radical (unpaired) electrons. The SMILES string of the molecule is COC(=O)/C=C1/NC[C@H](O)CNC1=O. The number of amides is 1. The van der Waals surface area contributed by atoms with E-state index in [9.17, 15) is 14.7 Å². The maximum Gasteiger partial charge on any atom is 0.332 e. The largest absolute Gasteiger partial charge is 0.466 e. The molecule has 1 rings (SSSR count). The Balaban J connectivity index is 2.71. The van der Waals surface area contributed by atoms with Crippen molar-refractivity contribution in [1.29, 1.82) is 0 Å². The summed E-state index contributed by atoms with van der Waals surface area (Å²) >= 11 is 0. The van der Waals surface area contributed by atoms with Gasteiger partial charge in [0.15, 0.2) is 0 Å². The Morgan fingerprint density at radius 3 is 2.86 bits per heavy atom. The van der Waals surface area contributed by atoms with Crippen LogP contribution in [0.1, 0.15) is 0 Å². The Morgan fingerprint density at radius 1 is 1.57 bits per heavy atom. The van der Waals surface area contributed by atoms with Crippen LogP contribution in [0.2, 0.25) is 0 Å². The number of nitrogens with one attached hydrogen (secondary N) is 2. The zero-order valence-corrected chi connectivity index (χ0v) is 7.74. The molecule has 0 aromatic rings. The van der Waals surface area contributed by atoms with Crippen LogP contribution in [0, 0.1) is 0 Å². The molecular formula is C8H12N2O4. The van der Waals surface area contributed by atoms with E-state index in [2.05, 4.69) is 15.4 Å². The molecule has 1 aliphatic heterocycles. The monoisotopic (exact) mass is 200 g/mol. The summed E-state index contributed by atoms with van der Waals surface area (Å²) in [7, 11) is 1.23. The van der Waals surface area contributed by atoms with E-state index in [-0.39, 0.29) is 18.8 Å². The first-order valence-electron chi connectivity index (χ1n) is 4.13. The van der Waals surface area contributed by atoms with Crippen LogP contribution in [0.3, 0.4) is 0 Å². The van der Waals surface area contributed by atoms with Gasteiger partial charge < -0.3 is 20.5 Å². The Kier molecular flexibility index (Phi) is 3.47. The summed E-state index contributed by atoms with van der Waals surface area (Å²) in [5.74, 6) is -1.04. The third-order valence-corrected chi connectivity index (χ3v) is 1.73. The van der Waals surface area contributed by atoms with Crippen molar-refractivity contribution in [3.05, 3.63) is 11.8 Å². The highest BCUT2D eigenvalue weighted by atomic mass is 16.5. The van der Waals surface area contributed by atoms with Gasteiger partial charge in [0.25, 0.3) is 5.91 Å². The lowest BCUT2D eigenvalue weighted by Crippen LogP contribution is -2.30. The molecule has 6 nitrogen and oxygen atoms in total. The van der Waals surface area contributed by atoms with E-state index in [0.29, 0.717) is 0 Å². The molecule has 0 saturated carbocycles. The molecular weight excluding hydrogens is 188 g/mol. The van der Waals surface area contributed by atoms with Gasteiger partial charge in [0.1, 0.15) is 5.70 Å². The van der Waals surface area contributed by atoms with Crippen molar-refractivity contribution in [2.75, 3.05) is 20.2 Å². The maximum absolute atomic E-state index is 11.3. The van der Waals surface area contributed by atoms with Crippen LogP contribution in [-0.4, -0.2) is 43.3 Å². The number of carbonyl (C=O) groups excluding carboxylic acids is 2. The van der Waals surface area contributed by atoms with Crippen LogP contribution in [0.4, 0.5) is 0 Å². The van der Waals surface area contributed by atoms with Gasteiger partial charge in [-0.05, 0) is 0 Å². The van der Waals surface area contributed by atoms with Crippen molar-refractivity contribution in [1.82, 2.24) is 10.6 Å². The maximum atomic E-state index is 11.3. The van der Waals surface area contributed by atoms with Crippen molar-refractivity contribution >= 4 is 11.9 Å². The zero-order chi connectivity index (χ0) is 10.6. The Bertz CT molecular complexity index is 275. The highest BCUT2D eigenvalue weighted by Gasteiger charge is 2.18. The van der Waals surface area contributed by atoms with Crippen LogP contribution >= 0.6 is 0 Å². The second-order valence-corrected chi connectivity index (χ2v) is 2.83. The topological polar surface area (TPSA) is 87.7 Å². The summed E-state index contributed by atoms with van der Waals surface area (Å²) in [6.45, 7) is 0.395. The summed E-state index contributed by atoms with van der Waals surface area (Å²) in [5.41, 5.74) is 0.105. The van der Waals surface area contributed by atoms with Gasteiger partial charge in [-0.15, -0.1) is 0 Å². The van der Waals surface area contributed by atoms with Crippen molar-refractivity contribution in [3.8, 4) is 0 Å². The molecule has 78 valence electrons. The lowest BCUT2D eigenvalue weighted by Gasteiger charge is -2.05. The molecule has 0 spiro atoms. The number of methoxy groups -OCH3 is 1. The molecule has 1 heterocycles. The minimum Gasteiger partial charge on any atom is -0.466 e. The van der Waals surface area contributed by atoms with Gasteiger partial charge in [0.05, 0.1) is 19.3 Å². The molecule has 1 fully saturated rings. The molecule has 3 N–H and O–H groups in total. The summed E-state index contributed by atoms with van der Waals surface area (Å²) < 4.78 is 4.37. The number of carbonyl (C=O) groups is 2. The standard InChI is InChI=1S/C8H12N2O4/c1-14-7(12)2-6-8(13)10-4-5(11)3-9-6/h2,5,9,11H,3-4H2,1H3,(H,10,13)/b6-2+/t5-/m0/s1. The first-order chi connectivity index (χ1) is 6.63. The lowest BCUT2D eigenvalue weighted by atomic mass is 10.3. The fraction of sp³-hybridized carbons (Fsp3) is 0.500. The summed E-state index contributed by atoms with van der Waals surface area (Å²) in [6.07, 6.45) is 0.399. The van der Waals surface area contributed by atoms with Gasteiger partial charge >= 0.3 is 5.97 Å². The fourth-order valence-electron chi connectivity index (χ4n) is 0.979. The molecule has 1 amide bonds. The summed E-state index contributed by atoms with van der Waals surface area (Å²) in [5, 5.41) is 14.3. The lowest BCUT2D eigenvalue weighted by molar-refractivity contribution is -0.135. The highest BCUT2D eigenvalue weighted by Crippen LogP contribution is 1.96. The van der Waals surface area contributed by atoms with Gasteiger partial charge in [-0.3, -0.25) is 4.79 Å². The number of aliphatic hydroxyl groups excluding tert-OH is 1. The number of rotatable bonds is 1. The molecule has 0 bridgehead atoms. The fourth-order valence-corrected chi connectivity index (χ4v) is 0.979. The molecule has 6 heteroatoms. The van der Waals surface area contributed by atoms with Crippen LogP contribution in [0.25, 0.3) is 0 Å². The van der Waals surface area contributed by atoms with Gasteiger partial charge in [-0.25, -0.2) is 4.79 Å². The van der Waals surface area contributed by atoms with Crippen LogP contribution in [0.15, 0.2) is 11.8 Å². The minimum absolute atomic E-state index is 0.105. The number of ether oxygens (including phenoxy) is 1. The quantitative estimate of drug-likeness (QED) is 0.341. The first kappa shape index (κ1) is 10.5. The van der Waals surface area contributed by atoms with E-state index in [1.54, 1.807) is 0 Å². The molecule has 0 aliphatic carbocycles. The smallest absolute Gasteiger partial charge is 0.332 e. The van der Waals surface area contributed by atoms with Crippen molar-refractivity contribution < 1.29 is 19.4 Å². The van der Waals surface area contributed by atoms with E-state index in [4.69, 9.17) is 0 Å². The van der Waals surface area contributed by atoms with Crippen molar-refractivity contribution in [2.45, 2.75) is 6.10 Å². The number of β-amino-alcohol motifs (C(OH)–C–C–N with tert-alkyl or cyclic N) is 1. The van der Waals surface area contributed by atoms with Crippen LogP contribution in [0.5, 0.6) is 0 Å². The minimum atomic E-state index is -0.650. The summed E-state index contributed by atoms with van der Waals surface area (Å²) in [6, 6.07) is 0. The molecule has 14 heavy (non-hydrogen) atoms. The molecule has 0 aromatic heterocycles. The predicted octanol–water partition coefficient (Wildman–Crippen LogP) is -1.88. The Hall–Kier alpha value is -1.56. The number of aliphatic hydroxyl groups is 1. The molecule has 1 saturated heterocycles. The van der Waals surface area contributed by atoms with Gasteiger partial charge in [0.2, 0.25) is 0 Å². The number of hydrogen-bond donors (Lipinski definition) is 3. The van der Waals surface area contributed by atoms with Crippen molar-refractivity contribution in [3.63, 3.8) is 0 Å². The van der Waals surface area contributed by atoms with Gasteiger partial charge in [-0.1, -0.05) is 0 Å². The van der Waals surface area contributed by atoms with E-state index < -0.39 is 18.0 Å². The van der Waals surface area contributed by atoms with Crippen LogP contribution < -0.4 is 10.6 Å². The Labute approximate surface area is 80.9 Å². The number of hydrogen-bond acceptors (Lipinski definition) is 5. The summed E-state index contributed by atoms with van der Waals surface area (Å²) in [4.78, 5) is 22.1. The third-order valence-electron chi connectivity index (χ3n) is 1.73. The van der Waals surface area contributed by atoms with E-state index in [1.165, 1.54) is 7.11 Å². The molecule has 1 atom stereocenters. The predicted molar refractivity (Wildman–Crippen MR) is 47.1 cm³/mol. The second-order valence-electron chi connectivity index (χ2n) is 2.83. The molecule has 1 aliphatic rings. The van der Waals surface area contributed by atoms with Gasteiger partial charge in [0, 0.05) is 13.1 Å². The van der Waals surface area contributed by atoms with E-state index in [1.807, 2.05) is 0 Å². The number of esters is 1. The highest BCUT2D eigenvalue weighted by molar-refractivity contribution is 5.99. The van der Waals surface area contributed by atoms with Crippen LogP contribution in [-0.2, 0) is 14.3 Å². The average Bonchev–Trinajstić information content (AvgIpc) is 2.33. The van der Waals surface area contributed by atoms with E-state index >= 15 is 0 Å². The molecule has 0 unspecified atom stereocenters. The second kappa shape index (κ2) is 4.61. The third kappa shape index (κ3) is 2.74. The van der Waals surface area contributed by atoms with Crippen molar-refractivity contribution in [2.24, 2.45) is 0 Å².